The summed E-state index contributed by atoms with van der Waals surface area (Å²) in [6, 6.07) is 10.1. The molecule has 2 heterocycles. The van der Waals surface area contributed by atoms with Crippen molar-refractivity contribution >= 4 is 11.7 Å². The fourth-order valence-electron chi connectivity index (χ4n) is 2.81. The Bertz CT molecular complexity index is 678. The number of ether oxygens (including phenoxy) is 1. The van der Waals surface area contributed by atoms with Crippen LogP contribution in [0, 0.1) is 6.92 Å². The second kappa shape index (κ2) is 6.23. The number of anilines is 1. The molecule has 5 nitrogen and oxygen atoms in total. The number of carbonyl (C=O) groups is 1. The minimum absolute atomic E-state index is 0.356. The van der Waals surface area contributed by atoms with Gasteiger partial charge in [0.05, 0.1) is 13.7 Å². The summed E-state index contributed by atoms with van der Waals surface area (Å²) in [4.78, 5) is 14.0. The highest BCUT2D eigenvalue weighted by Crippen LogP contribution is 2.25. The van der Waals surface area contributed by atoms with Crippen molar-refractivity contribution in [2.75, 3.05) is 25.1 Å². The maximum absolute atomic E-state index is 11.7. The Labute approximate surface area is 129 Å². The first-order chi connectivity index (χ1) is 10.7. The zero-order valence-corrected chi connectivity index (χ0v) is 12.9. The summed E-state index contributed by atoms with van der Waals surface area (Å²) in [5.74, 6) is 1.02. The number of nitrogens with one attached hydrogen (secondary N) is 1. The van der Waals surface area contributed by atoms with Crippen LogP contribution in [0.5, 0.6) is 0 Å². The SMILES string of the molecule is COC(=O)c1cc(CN2CCNCc3ccccc32)oc1C. The third kappa shape index (κ3) is 2.85. The molecule has 0 fully saturated rings. The molecule has 0 atom stereocenters. The fraction of sp³-hybridized carbons (Fsp3) is 0.353. The van der Waals surface area contributed by atoms with Crippen LogP contribution in [0.4, 0.5) is 5.69 Å². The van der Waals surface area contributed by atoms with Gasteiger partial charge >= 0.3 is 5.97 Å². The Kier molecular flexibility index (Phi) is 4.15. The van der Waals surface area contributed by atoms with Crippen molar-refractivity contribution in [2.24, 2.45) is 0 Å². The first kappa shape index (κ1) is 14.7. The molecule has 0 amide bonds. The monoisotopic (exact) mass is 300 g/mol. The number of hydrogen-bond acceptors (Lipinski definition) is 5. The lowest BCUT2D eigenvalue weighted by Crippen LogP contribution is -2.28. The van der Waals surface area contributed by atoms with E-state index in [1.807, 2.05) is 6.07 Å². The van der Waals surface area contributed by atoms with E-state index in [-0.39, 0.29) is 5.97 Å². The van der Waals surface area contributed by atoms with Crippen LogP contribution in [-0.2, 0) is 17.8 Å². The van der Waals surface area contributed by atoms with E-state index >= 15 is 0 Å². The Hall–Kier alpha value is -2.27. The Morgan fingerprint density at radius 1 is 1.41 bits per heavy atom. The number of fused-ring (bicyclic) bond motifs is 1. The van der Waals surface area contributed by atoms with Crippen LogP contribution in [0.3, 0.4) is 0 Å². The number of para-hydroxylation sites is 1. The van der Waals surface area contributed by atoms with Gasteiger partial charge in [0.25, 0.3) is 0 Å². The predicted octanol–water partition coefficient (Wildman–Crippen LogP) is 2.48. The first-order valence-electron chi connectivity index (χ1n) is 7.40. The molecule has 2 aromatic rings. The Balaban J connectivity index is 1.85. The second-order valence-electron chi connectivity index (χ2n) is 5.40. The van der Waals surface area contributed by atoms with E-state index in [1.165, 1.54) is 18.4 Å². The third-order valence-corrected chi connectivity index (χ3v) is 3.93. The van der Waals surface area contributed by atoms with E-state index in [4.69, 9.17) is 9.15 Å². The Morgan fingerprint density at radius 2 is 2.23 bits per heavy atom. The molecule has 0 spiro atoms. The molecule has 0 radical (unpaired) electrons. The van der Waals surface area contributed by atoms with Crippen LogP contribution in [0.2, 0.25) is 0 Å². The highest BCUT2D eigenvalue weighted by molar-refractivity contribution is 5.90. The summed E-state index contributed by atoms with van der Waals surface area (Å²) >= 11 is 0. The quantitative estimate of drug-likeness (QED) is 0.883. The minimum Gasteiger partial charge on any atom is -0.465 e. The molecular weight excluding hydrogens is 280 g/mol. The zero-order valence-electron chi connectivity index (χ0n) is 12.9. The van der Waals surface area contributed by atoms with Crippen molar-refractivity contribution in [3.8, 4) is 0 Å². The zero-order chi connectivity index (χ0) is 15.5. The smallest absolute Gasteiger partial charge is 0.341 e. The molecule has 1 aliphatic heterocycles. The molecule has 1 aromatic heterocycles. The number of methoxy groups -OCH3 is 1. The van der Waals surface area contributed by atoms with E-state index in [2.05, 4.69) is 28.4 Å². The van der Waals surface area contributed by atoms with E-state index in [1.54, 1.807) is 13.0 Å². The minimum atomic E-state index is -0.356. The highest BCUT2D eigenvalue weighted by Gasteiger charge is 2.19. The number of benzene rings is 1. The molecule has 0 saturated carbocycles. The van der Waals surface area contributed by atoms with Gasteiger partial charge in [0.1, 0.15) is 17.1 Å². The maximum Gasteiger partial charge on any atom is 0.341 e. The normalized spacial score (nSPS) is 14.4. The van der Waals surface area contributed by atoms with Crippen molar-refractivity contribution in [3.63, 3.8) is 0 Å². The van der Waals surface area contributed by atoms with Gasteiger partial charge in [-0.2, -0.15) is 0 Å². The van der Waals surface area contributed by atoms with E-state index in [0.29, 0.717) is 17.9 Å². The Morgan fingerprint density at radius 3 is 3.05 bits per heavy atom. The summed E-state index contributed by atoms with van der Waals surface area (Å²) in [6.45, 7) is 5.10. The predicted molar refractivity (Wildman–Crippen MR) is 84.0 cm³/mol. The van der Waals surface area contributed by atoms with Gasteiger partial charge in [-0.3, -0.25) is 0 Å². The van der Waals surface area contributed by atoms with Gasteiger partial charge in [0.2, 0.25) is 0 Å². The average molecular weight is 300 g/mol. The van der Waals surface area contributed by atoms with Crippen molar-refractivity contribution in [2.45, 2.75) is 20.0 Å². The number of hydrogen-bond donors (Lipinski definition) is 1. The molecule has 22 heavy (non-hydrogen) atoms. The third-order valence-electron chi connectivity index (χ3n) is 3.93. The van der Waals surface area contributed by atoms with Crippen molar-refractivity contribution in [1.82, 2.24) is 5.32 Å². The van der Waals surface area contributed by atoms with Crippen LogP contribution < -0.4 is 10.2 Å². The highest BCUT2D eigenvalue weighted by atomic mass is 16.5. The summed E-state index contributed by atoms with van der Waals surface area (Å²) < 4.78 is 10.5. The van der Waals surface area contributed by atoms with Gasteiger partial charge in [0, 0.05) is 25.3 Å². The molecule has 3 rings (SSSR count). The molecule has 0 aliphatic carbocycles. The molecule has 116 valence electrons. The number of carbonyl (C=O) groups excluding carboxylic acids is 1. The van der Waals surface area contributed by atoms with Gasteiger partial charge in [-0.25, -0.2) is 4.79 Å². The average Bonchev–Trinajstić information content (AvgIpc) is 2.77. The lowest BCUT2D eigenvalue weighted by atomic mass is 10.1. The van der Waals surface area contributed by atoms with E-state index in [9.17, 15) is 4.79 Å². The first-order valence-corrected chi connectivity index (χ1v) is 7.40. The molecule has 0 saturated heterocycles. The summed E-state index contributed by atoms with van der Waals surface area (Å²) in [5, 5.41) is 3.42. The molecule has 0 bridgehead atoms. The molecular formula is C17H20N2O3. The van der Waals surface area contributed by atoms with Gasteiger partial charge in [0.15, 0.2) is 0 Å². The van der Waals surface area contributed by atoms with E-state index < -0.39 is 0 Å². The molecule has 5 heteroatoms. The van der Waals surface area contributed by atoms with Crippen molar-refractivity contribution in [1.29, 1.82) is 0 Å². The van der Waals surface area contributed by atoms with Gasteiger partial charge in [-0.05, 0) is 24.6 Å². The van der Waals surface area contributed by atoms with Crippen molar-refractivity contribution < 1.29 is 13.9 Å². The van der Waals surface area contributed by atoms with Crippen LogP contribution in [0.25, 0.3) is 0 Å². The molecule has 1 aromatic carbocycles. The lowest BCUT2D eigenvalue weighted by molar-refractivity contribution is 0.0599. The largest absolute Gasteiger partial charge is 0.465 e. The van der Waals surface area contributed by atoms with Crippen LogP contribution in [0.15, 0.2) is 34.7 Å². The molecule has 1 N–H and O–H groups in total. The molecule has 1 aliphatic rings. The summed E-state index contributed by atoms with van der Waals surface area (Å²) in [7, 11) is 1.38. The number of esters is 1. The lowest BCUT2D eigenvalue weighted by Gasteiger charge is -2.23. The number of nitrogens with zero attached hydrogens (tertiary/aromatic N) is 1. The molecule has 0 unspecified atom stereocenters. The van der Waals surface area contributed by atoms with Gasteiger partial charge in [-0.1, -0.05) is 18.2 Å². The van der Waals surface area contributed by atoms with Crippen LogP contribution in [0.1, 0.15) is 27.4 Å². The van der Waals surface area contributed by atoms with Crippen LogP contribution in [-0.4, -0.2) is 26.2 Å². The second-order valence-corrected chi connectivity index (χ2v) is 5.40. The fourth-order valence-corrected chi connectivity index (χ4v) is 2.81. The number of furan rings is 1. The van der Waals surface area contributed by atoms with Gasteiger partial charge in [-0.15, -0.1) is 0 Å². The summed E-state index contributed by atoms with van der Waals surface area (Å²) in [6.07, 6.45) is 0. The van der Waals surface area contributed by atoms with E-state index in [0.717, 1.165) is 25.4 Å². The number of rotatable bonds is 3. The topological polar surface area (TPSA) is 54.7 Å². The maximum atomic E-state index is 11.7. The summed E-state index contributed by atoms with van der Waals surface area (Å²) in [5.41, 5.74) is 2.98. The van der Waals surface area contributed by atoms with Gasteiger partial charge < -0.3 is 19.4 Å². The number of aryl methyl sites for hydroxylation is 1. The standard InChI is InChI=1S/C17H20N2O3/c1-12-15(17(20)21-2)9-14(22-12)11-19-8-7-18-10-13-5-3-4-6-16(13)19/h3-6,9,18H,7-8,10-11H2,1-2H3. The van der Waals surface area contributed by atoms with Crippen LogP contribution >= 0.6 is 0 Å². The van der Waals surface area contributed by atoms with Crippen molar-refractivity contribution in [3.05, 3.63) is 53.0 Å².